The quantitative estimate of drug-likeness (QED) is 0.0672. The van der Waals surface area contributed by atoms with Gasteiger partial charge in [-0.15, -0.1) is 0 Å². The van der Waals surface area contributed by atoms with Gasteiger partial charge in [0, 0.05) is 6.42 Å². The number of likely N-dealkylation sites (N-methyl/N-ethyl adjacent to an activating group) is 1. The minimum absolute atomic E-state index is 0.0747. The Bertz CT molecular complexity index is 1230. The molecule has 0 spiro atoms. The molecular weight excluding hydrogens is 542 g/mol. The van der Waals surface area contributed by atoms with Crippen molar-refractivity contribution in [1.82, 2.24) is 0 Å². The zero-order chi connectivity index (χ0) is 31.1. The molecule has 7 nitrogen and oxygen atoms in total. The first kappa shape index (κ1) is 33.7. The number of hydrogen-bond donors (Lipinski definition) is 0. The smallest absolute Gasteiger partial charge is 0.365 e. The van der Waals surface area contributed by atoms with Gasteiger partial charge in [-0.1, -0.05) is 56.0 Å². The molecular formula is C36H48NO6+. The van der Waals surface area contributed by atoms with Crippen LogP contribution in [0.2, 0.25) is 0 Å². The van der Waals surface area contributed by atoms with Gasteiger partial charge in [-0.2, -0.15) is 0 Å². The molecule has 0 N–H and O–H groups in total. The number of rotatable bonds is 18. The van der Waals surface area contributed by atoms with Crippen LogP contribution in [0.4, 0.5) is 0 Å². The average molecular weight is 591 g/mol. The fraction of sp³-hybridized carbons (Fsp3) is 0.444. The Morgan fingerprint density at radius 2 is 1.23 bits per heavy atom. The number of carbonyl (C=O) groups excluding carboxylic acids is 2. The molecule has 0 aliphatic rings. The molecule has 3 aromatic rings. The van der Waals surface area contributed by atoms with Crippen LogP contribution in [0.1, 0.15) is 68.3 Å². The molecule has 0 aromatic heterocycles. The van der Waals surface area contributed by atoms with Gasteiger partial charge in [0.15, 0.2) is 6.04 Å². The maximum absolute atomic E-state index is 12.8. The van der Waals surface area contributed by atoms with Crippen LogP contribution in [0.15, 0.2) is 78.9 Å². The zero-order valence-electron chi connectivity index (χ0n) is 26.4. The molecule has 0 aliphatic carbocycles. The van der Waals surface area contributed by atoms with Gasteiger partial charge < -0.3 is 23.4 Å². The van der Waals surface area contributed by atoms with Crippen LogP contribution in [-0.2, 0) is 16.0 Å². The van der Waals surface area contributed by atoms with E-state index >= 15 is 0 Å². The van der Waals surface area contributed by atoms with Crippen molar-refractivity contribution in [2.45, 2.75) is 70.9 Å². The monoisotopic (exact) mass is 590 g/mol. The predicted molar refractivity (Wildman–Crippen MR) is 170 cm³/mol. The number of benzene rings is 3. The number of nitrogens with zero attached hydrogens (tertiary/aromatic N) is 1. The summed E-state index contributed by atoms with van der Waals surface area (Å²) in [4.78, 5) is 25.2. The van der Waals surface area contributed by atoms with Gasteiger partial charge in [-0.25, -0.2) is 9.59 Å². The second-order valence-electron chi connectivity index (χ2n) is 12.0. The molecule has 0 amide bonds. The van der Waals surface area contributed by atoms with E-state index in [0.29, 0.717) is 35.4 Å². The molecule has 0 aliphatic heterocycles. The van der Waals surface area contributed by atoms with Gasteiger partial charge in [0.2, 0.25) is 0 Å². The summed E-state index contributed by atoms with van der Waals surface area (Å²) in [5, 5.41) is 0. The first-order valence-corrected chi connectivity index (χ1v) is 15.4. The highest BCUT2D eigenvalue weighted by atomic mass is 16.5. The van der Waals surface area contributed by atoms with Crippen LogP contribution in [0.5, 0.6) is 17.2 Å². The summed E-state index contributed by atoms with van der Waals surface area (Å²) in [5.74, 6) is 1.39. The van der Waals surface area contributed by atoms with E-state index in [1.165, 1.54) is 0 Å². The van der Waals surface area contributed by atoms with E-state index in [0.717, 1.165) is 55.6 Å². The highest BCUT2D eigenvalue weighted by molar-refractivity contribution is 5.91. The minimum Gasteiger partial charge on any atom is -0.494 e. The number of carbonyl (C=O) groups is 2. The topological polar surface area (TPSA) is 71.1 Å². The van der Waals surface area contributed by atoms with E-state index in [1.54, 1.807) is 36.4 Å². The Hall–Kier alpha value is -3.84. The van der Waals surface area contributed by atoms with Gasteiger partial charge in [0.05, 0.1) is 46.0 Å². The maximum atomic E-state index is 12.8. The predicted octanol–water partition coefficient (Wildman–Crippen LogP) is 7.27. The van der Waals surface area contributed by atoms with Crippen molar-refractivity contribution < 1.29 is 33.0 Å². The molecule has 3 aromatic carbocycles. The molecule has 7 heteroatoms. The normalized spacial score (nSPS) is 12.0. The third-order valence-corrected chi connectivity index (χ3v) is 7.03. The summed E-state index contributed by atoms with van der Waals surface area (Å²) in [6.45, 7) is 5.02. The van der Waals surface area contributed by atoms with E-state index in [9.17, 15) is 9.59 Å². The van der Waals surface area contributed by atoms with Gasteiger partial charge >= 0.3 is 11.9 Å². The molecule has 0 radical (unpaired) electrons. The largest absolute Gasteiger partial charge is 0.494 e. The Morgan fingerprint density at radius 1 is 0.674 bits per heavy atom. The van der Waals surface area contributed by atoms with Crippen molar-refractivity contribution in [1.29, 1.82) is 0 Å². The summed E-state index contributed by atoms with van der Waals surface area (Å²) in [5.41, 5.74) is 1.61. The second kappa shape index (κ2) is 17.3. The molecule has 232 valence electrons. The SMILES string of the molecule is CC(C)Oc1ccc(C(=O)Oc2ccc(OCCCCCCCCOC(=O)C(Cc3ccccc3)[N+](C)(C)C)cc2)cc1. The van der Waals surface area contributed by atoms with Crippen molar-refractivity contribution >= 4 is 11.9 Å². The molecule has 0 saturated heterocycles. The fourth-order valence-corrected chi connectivity index (χ4v) is 4.59. The molecule has 3 rings (SSSR count). The Balaban J connectivity index is 1.24. The molecule has 43 heavy (non-hydrogen) atoms. The lowest BCUT2D eigenvalue weighted by Gasteiger charge is -2.32. The van der Waals surface area contributed by atoms with Crippen LogP contribution < -0.4 is 14.2 Å². The average Bonchev–Trinajstić information content (AvgIpc) is 2.97. The van der Waals surface area contributed by atoms with E-state index in [4.69, 9.17) is 18.9 Å². The van der Waals surface area contributed by atoms with Gasteiger partial charge in [0.25, 0.3) is 0 Å². The number of unbranched alkanes of at least 4 members (excludes halogenated alkanes) is 5. The minimum atomic E-state index is -0.417. The summed E-state index contributed by atoms with van der Waals surface area (Å²) in [6, 6.07) is 23.9. The number of esters is 2. The van der Waals surface area contributed by atoms with Crippen LogP contribution >= 0.6 is 0 Å². The van der Waals surface area contributed by atoms with Crippen LogP contribution in [0.3, 0.4) is 0 Å². The lowest BCUT2D eigenvalue weighted by molar-refractivity contribution is -0.887. The highest BCUT2D eigenvalue weighted by Crippen LogP contribution is 2.21. The maximum Gasteiger partial charge on any atom is 0.365 e. The Kier molecular flexibility index (Phi) is 13.6. The third-order valence-electron chi connectivity index (χ3n) is 7.03. The molecule has 0 heterocycles. The zero-order valence-corrected chi connectivity index (χ0v) is 26.4. The molecule has 1 unspecified atom stereocenters. The Morgan fingerprint density at radius 3 is 1.84 bits per heavy atom. The van der Waals surface area contributed by atoms with E-state index < -0.39 is 5.97 Å². The lowest BCUT2D eigenvalue weighted by atomic mass is 10.0. The van der Waals surface area contributed by atoms with E-state index in [2.05, 4.69) is 12.1 Å². The summed E-state index contributed by atoms with van der Waals surface area (Å²) in [7, 11) is 6.11. The third kappa shape index (κ3) is 12.5. The summed E-state index contributed by atoms with van der Waals surface area (Å²) < 4.78 is 23.1. The summed E-state index contributed by atoms with van der Waals surface area (Å²) in [6.07, 6.45) is 6.94. The number of quaternary nitrogens is 1. The molecule has 0 saturated carbocycles. The van der Waals surface area contributed by atoms with Crippen LogP contribution in [-0.4, -0.2) is 62.9 Å². The Labute approximate surface area is 257 Å². The van der Waals surface area contributed by atoms with Crippen LogP contribution in [0.25, 0.3) is 0 Å². The van der Waals surface area contributed by atoms with Crippen molar-refractivity contribution in [2.75, 3.05) is 34.4 Å². The first-order chi connectivity index (χ1) is 20.6. The molecule has 0 fully saturated rings. The number of ether oxygens (including phenoxy) is 4. The van der Waals surface area contributed by atoms with Gasteiger partial charge in [0.1, 0.15) is 17.2 Å². The van der Waals surface area contributed by atoms with Crippen molar-refractivity contribution in [2.24, 2.45) is 0 Å². The van der Waals surface area contributed by atoms with E-state index in [-0.39, 0.29) is 18.1 Å². The number of hydrogen-bond acceptors (Lipinski definition) is 6. The van der Waals surface area contributed by atoms with Crippen molar-refractivity contribution in [3.05, 3.63) is 90.0 Å². The lowest BCUT2D eigenvalue weighted by Crippen LogP contribution is -2.51. The van der Waals surface area contributed by atoms with Crippen molar-refractivity contribution in [3.63, 3.8) is 0 Å². The molecule has 0 bridgehead atoms. The van der Waals surface area contributed by atoms with E-state index in [1.807, 2.05) is 65.3 Å². The van der Waals surface area contributed by atoms with Gasteiger partial charge in [-0.05, 0) is 80.8 Å². The molecule has 1 atom stereocenters. The first-order valence-electron chi connectivity index (χ1n) is 15.4. The second-order valence-corrected chi connectivity index (χ2v) is 12.0. The standard InChI is InChI=1S/C36H48NO6/c1-28(2)42-32-19-17-30(18-20-32)35(38)43-33-23-21-31(22-24-33)40-25-13-8-6-7-9-14-26-41-36(39)34(37(3,4)5)27-29-15-11-10-12-16-29/h10-12,15-24,28,34H,6-9,13-14,25-27H2,1-5H3/q+1. The highest BCUT2D eigenvalue weighted by Gasteiger charge is 2.33. The van der Waals surface area contributed by atoms with Crippen molar-refractivity contribution in [3.8, 4) is 17.2 Å². The van der Waals surface area contributed by atoms with Crippen LogP contribution in [0, 0.1) is 0 Å². The fourth-order valence-electron chi connectivity index (χ4n) is 4.59. The summed E-state index contributed by atoms with van der Waals surface area (Å²) >= 11 is 0. The van der Waals surface area contributed by atoms with Gasteiger partial charge in [-0.3, -0.25) is 0 Å².